The Morgan fingerprint density at radius 2 is 2.00 bits per heavy atom. The molecule has 1 fully saturated rings. The molecular weight excluding hydrogens is 333 g/mol. The van der Waals surface area contributed by atoms with E-state index >= 15 is 0 Å². The molecule has 0 unspecified atom stereocenters. The number of guanidine groups is 1. The minimum absolute atomic E-state index is 0.0754. The number of aliphatic imine (C=N–C) groups is 1. The SMILES string of the molecule is Cc1ccccc1NC(=NC[C@@H]1CCCO1)NC(=O)c1ccc(F)cc1. The predicted molar refractivity (Wildman–Crippen MR) is 99.9 cm³/mol. The van der Waals surface area contributed by atoms with E-state index in [9.17, 15) is 9.18 Å². The minimum Gasteiger partial charge on any atom is -0.376 e. The van der Waals surface area contributed by atoms with Crippen molar-refractivity contribution in [2.45, 2.75) is 25.9 Å². The maximum atomic E-state index is 13.1. The van der Waals surface area contributed by atoms with Crippen LogP contribution >= 0.6 is 0 Å². The fraction of sp³-hybridized carbons (Fsp3) is 0.300. The number of nitrogens with zero attached hydrogens (tertiary/aromatic N) is 1. The largest absolute Gasteiger partial charge is 0.376 e. The monoisotopic (exact) mass is 355 g/mol. The quantitative estimate of drug-likeness (QED) is 0.652. The number of ether oxygens (including phenoxy) is 1. The molecular formula is C20H22FN3O2. The van der Waals surface area contributed by atoms with Crippen molar-refractivity contribution >= 4 is 17.6 Å². The number of benzene rings is 2. The van der Waals surface area contributed by atoms with E-state index in [0.29, 0.717) is 18.1 Å². The molecule has 136 valence electrons. The Bertz CT molecular complexity index is 784. The lowest BCUT2D eigenvalue weighted by molar-refractivity contribution is 0.0975. The lowest BCUT2D eigenvalue weighted by atomic mass is 10.2. The number of para-hydroxylation sites is 1. The second-order valence-corrected chi connectivity index (χ2v) is 6.23. The number of amides is 1. The zero-order valence-electron chi connectivity index (χ0n) is 14.7. The summed E-state index contributed by atoms with van der Waals surface area (Å²) in [6, 6.07) is 13.1. The van der Waals surface area contributed by atoms with Crippen LogP contribution in [0.5, 0.6) is 0 Å². The molecule has 1 atom stereocenters. The second-order valence-electron chi connectivity index (χ2n) is 6.23. The lowest BCUT2D eigenvalue weighted by Gasteiger charge is -2.14. The van der Waals surface area contributed by atoms with Crippen LogP contribution in [0.15, 0.2) is 53.5 Å². The van der Waals surface area contributed by atoms with Gasteiger partial charge in [-0.1, -0.05) is 18.2 Å². The minimum atomic E-state index is -0.383. The average molecular weight is 355 g/mol. The number of hydrogen-bond donors (Lipinski definition) is 2. The first-order valence-corrected chi connectivity index (χ1v) is 8.67. The van der Waals surface area contributed by atoms with Crippen LogP contribution in [0.2, 0.25) is 0 Å². The normalized spacial score (nSPS) is 17.2. The van der Waals surface area contributed by atoms with Crippen molar-refractivity contribution in [1.82, 2.24) is 5.32 Å². The first-order valence-electron chi connectivity index (χ1n) is 8.67. The van der Waals surface area contributed by atoms with E-state index in [1.165, 1.54) is 24.3 Å². The zero-order valence-corrected chi connectivity index (χ0v) is 14.7. The van der Waals surface area contributed by atoms with Gasteiger partial charge in [0.2, 0.25) is 5.96 Å². The molecule has 1 amide bonds. The number of rotatable bonds is 4. The van der Waals surface area contributed by atoms with Gasteiger partial charge in [-0.2, -0.15) is 0 Å². The van der Waals surface area contributed by atoms with E-state index in [0.717, 1.165) is 30.7 Å². The van der Waals surface area contributed by atoms with Gasteiger partial charge in [-0.05, 0) is 55.7 Å². The standard InChI is InChI=1S/C20H22FN3O2/c1-14-5-2-3-7-18(14)23-20(22-13-17-6-4-12-26-17)24-19(25)15-8-10-16(21)11-9-15/h2-3,5,7-11,17H,4,6,12-13H2,1H3,(H2,22,23,24,25)/t17-/m0/s1. The molecule has 1 aliphatic rings. The Morgan fingerprint density at radius 1 is 1.23 bits per heavy atom. The summed E-state index contributed by atoms with van der Waals surface area (Å²) < 4.78 is 18.6. The molecule has 0 saturated carbocycles. The predicted octanol–water partition coefficient (Wildman–Crippen LogP) is 3.51. The molecule has 5 nitrogen and oxygen atoms in total. The summed E-state index contributed by atoms with van der Waals surface area (Å²) in [5, 5.41) is 5.95. The number of aryl methyl sites for hydroxylation is 1. The van der Waals surface area contributed by atoms with Gasteiger partial charge in [0.1, 0.15) is 5.82 Å². The first-order chi connectivity index (χ1) is 12.6. The van der Waals surface area contributed by atoms with Gasteiger partial charge in [-0.3, -0.25) is 10.1 Å². The topological polar surface area (TPSA) is 62.7 Å². The highest BCUT2D eigenvalue weighted by Crippen LogP contribution is 2.14. The third-order valence-corrected chi connectivity index (χ3v) is 4.21. The summed E-state index contributed by atoms with van der Waals surface area (Å²) in [7, 11) is 0. The Balaban J connectivity index is 1.75. The van der Waals surface area contributed by atoms with Crippen LogP contribution in [-0.2, 0) is 4.74 Å². The van der Waals surface area contributed by atoms with E-state index in [-0.39, 0.29) is 17.8 Å². The van der Waals surface area contributed by atoms with Crippen LogP contribution < -0.4 is 10.6 Å². The highest BCUT2D eigenvalue weighted by Gasteiger charge is 2.16. The smallest absolute Gasteiger partial charge is 0.257 e. The van der Waals surface area contributed by atoms with Crippen molar-refractivity contribution in [3.8, 4) is 0 Å². The van der Waals surface area contributed by atoms with Crippen molar-refractivity contribution < 1.29 is 13.9 Å². The Kier molecular flexibility index (Phi) is 5.96. The van der Waals surface area contributed by atoms with E-state index < -0.39 is 0 Å². The van der Waals surface area contributed by atoms with E-state index in [2.05, 4.69) is 15.6 Å². The van der Waals surface area contributed by atoms with Crippen LogP contribution in [0.1, 0.15) is 28.8 Å². The van der Waals surface area contributed by atoms with Gasteiger partial charge in [-0.15, -0.1) is 0 Å². The van der Waals surface area contributed by atoms with Gasteiger partial charge in [0.25, 0.3) is 5.91 Å². The van der Waals surface area contributed by atoms with Crippen LogP contribution in [-0.4, -0.2) is 31.1 Å². The van der Waals surface area contributed by atoms with Crippen molar-refractivity contribution in [2.24, 2.45) is 4.99 Å². The maximum absolute atomic E-state index is 13.1. The molecule has 0 aromatic heterocycles. The molecule has 0 bridgehead atoms. The molecule has 0 radical (unpaired) electrons. The summed E-state index contributed by atoms with van der Waals surface area (Å²) >= 11 is 0. The molecule has 2 N–H and O–H groups in total. The fourth-order valence-corrected chi connectivity index (χ4v) is 2.71. The third-order valence-electron chi connectivity index (χ3n) is 4.21. The fourth-order valence-electron chi connectivity index (χ4n) is 2.71. The average Bonchev–Trinajstić information content (AvgIpc) is 3.15. The van der Waals surface area contributed by atoms with Crippen molar-refractivity contribution in [3.63, 3.8) is 0 Å². The number of carbonyl (C=O) groups excluding carboxylic acids is 1. The molecule has 2 aromatic carbocycles. The van der Waals surface area contributed by atoms with E-state index in [1.54, 1.807) is 0 Å². The Hall–Kier alpha value is -2.73. The van der Waals surface area contributed by atoms with Crippen LogP contribution in [0.4, 0.5) is 10.1 Å². The summed E-state index contributed by atoms with van der Waals surface area (Å²) in [5.41, 5.74) is 2.26. The lowest BCUT2D eigenvalue weighted by Crippen LogP contribution is -2.37. The van der Waals surface area contributed by atoms with Gasteiger partial charge in [0.05, 0.1) is 12.6 Å². The molecule has 1 saturated heterocycles. The summed E-state index contributed by atoms with van der Waals surface area (Å²) in [6.45, 7) is 3.20. The van der Waals surface area contributed by atoms with Gasteiger partial charge >= 0.3 is 0 Å². The molecule has 0 aliphatic carbocycles. The third kappa shape index (κ3) is 4.89. The van der Waals surface area contributed by atoms with Gasteiger partial charge in [0.15, 0.2) is 0 Å². The zero-order chi connectivity index (χ0) is 18.4. The number of hydrogen-bond acceptors (Lipinski definition) is 3. The second kappa shape index (κ2) is 8.58. The summed E-state index contributed by atoms with van der Waals surface area (Å²) in [4.78, 5) is 17.0. The van der Waals surface area contributed by atoms with Crippen LogP contribution in [0.3, 0.4) is 0 Å². The number of anilines is 1. The van der Waals surface area contributed by atoms with E-state index in [1.807, 2.05) is 31.2 Å². The number of carbonyl (C=O) groups is 1. The van der Waals surface area contributed by atoms with E-state index in [4.69, 9.17) is 4.74 Å². The molecule has 26 heavy (non-hydrogen) atoms. The first kappa shape index (κ1) is 18.1. The number of halogens is 1. The summed E-state index contributed by atoms with van der Waals surface area (Å²) in [6.07, 6.45) is 2.07. The highest BCUT2D eigenvalue weighted by atomic mass is 19.1. The molecule has 1 heterocycles. The summed E-state index contributed by atoms with van der Waals surface area (Å²) in [5.74, 6) is -0.381. The van der Waals surface area contributed by atoms with Crippen molar-refractivity contribution in [2.75, 3.05) is 18.5 Å². The molecule has 2 aromatic rings. The Morgan fingerprint density at radius 3 is 2.69 bits per heavy atom. The highest BCUT2D eigenvalue weighted by molar-refractivity contribution is 6.10. The number of nitrogens with one attached hydrogen (secondary N) is 2. The van der Waals surface area contributed by atoms with Gasteiger partial charge in [-0.25, -0.2) is 9.38 Å². The molecule has 1 aliphatic heterocycles. The van der Waals surface area contributed by atoms with Gasteiger partial charge in [0, 0.05) is 17.9 Å². The molecule has 3 rings (SSSR count). The molecule has 0 spiro atoms. The van der Waals surface area contributed by atoms with Crippen molar-refractivity contribution in [1.29, 1.82) is 0 Å². The Labute approximate surface area is 152 Å². The molecule has 6 heteroatoms. The van der Waals surface area contributed by atoms with Crippen LogP contribution in [0.25, 0.3) is 0 Å². The van der Waals surface area contributed by atoms with Gasteiger partial charge < -0.3 is 10.1 Å². The van der Waals surface area contributed by atoms with Crippen LogP contribution in [0, 0.1) is 12.7 Å². The van der Waals surface area contributed by atoms with Crippen molar-refractivity contribution in [3.05, 3.63) is 65.5 Å². The maximum Gasteiger partial charge on any atom is 0.257 e.